The molecule has 2 aromatic rings. The number of amides is 1. The number of hydrogen-bond acceptors (Lipinski definition) is 6. The molecule has 0 unspecified atom stereocenters. The van der Waals surface area contributed by atoms with Gasteiger partial charge in [-0.15, -0.1) is 11.3 Å². The van der Waals surface area contributed by atoms with Crippen LogP contribution in [0.5, 0.6) is 5.75 Å². The molecule has 2 aromatic heterocycles. The lowest BCUT2D eigenvalue weighted by Gasteiger charge is -2.35. The standard InChI is InChI=1S/C16H20N4O2S/c21-13-3-1-5-17-15(13)20-10-8-19(9-11-20)7-6-18-16(22)14-4-2-12-23-14/h1-5,12,21H,6-11H2,(H,18,22). The number of carbonyl (C=O) groups is 1. The summed E-state index contributed by atoms with van der Waals surface area (Å²) >= 11 is 1.45. The zero-order valence-corrected chi connectivity index (χ0v) is 13.6. The second-order valence-corrected chi connectivity index (χ2v) is 6.36. The summed E-state index contributed by atoms with van der Waals surface area (Å²) < 4.78 is 0. The molecule has 6 nitrogen and oxygen atoms in total. The van der Waals surface area contributed by atoms with E-state index in [0.717, 1.165) is 37.6 Å². The Morgan fingerprint density at radius 2 is 2.09 bits per heavy atom. The fourth-order valence-corrected chi connectivity index (χ4v) is 3.28. The summed E-state index contributed by atoms with van der Waals surface area (Å²) in [4.78, 5) is 21.3. The summed E-state index contributed by atoms with van der Waals surface area (Å²) in [6.45, 7) is 4.91. The van der Waals surface area contributed by atoms with Crippen LogP contribution in [0, 0.1) is 0 Å². The van der Waals surface area contributed by atoms with Crippen LogP contribution < -0.4 is 10.2 Å². The number of piperazine rings is 1. The molecule has 3 rings (SSSR count). The van der Waals surface area contributed by atoms with Crippen molar-refractivity contribution in [3.63, 3.8) is 0 Å². The minimum absolute atomic E-state index is 0.00274. The van der Waals surface area contributed by atoms with Gasteiger partial charge in [0.2, 0.25) is 0 Å². The van der Waals surface area contributed by atoms with Crippen molar-refractivity contribution in [2.24, 2.45) is 0 Å². The number of pyridine rings is 1. The van der Waals surface area contributed by atoms with Crippen LogP contribution in [-0.4, -0.2) is 60.2 Å². The highest BCUT2D eigenvalue weighted by Gasteiger charge is 2.19. The van der Waals surface area contributed by atoms with Gasteiger partial charge in [-0.2, -0.15) is 0 Å². The summed E-state index contributed by atoms with van der Waals surface area (Å²) in [5.41, 5.74) is 0. The van der Waals surface area contributed by atoms with E-state index >= 15 is 0 Å². The molecule has 1 fully saturated rings. The average Bonchev–Trinajstić information content (AvgIpc) is 3.11. The van der Waals surface area contributed by atoms with Crippen LogP contribution in [0.25, 0.3) is 0 Å². The van der Waals surface area contributed by atoms with Gasteiger partial charge in [0.25, 0.3) is 5.91 Å². The number of rotatable bonds is 5. The molecule has 1 amide bonds. The number of nitrogens with one attached hydrogen (secondary N) is 1. The van der Waals surface area contributed by atoms with Gasteiger partial charge in [-0.05, 0) is 23.6 Å². The van der Waals surface area contributed by atoms with Crippen molar-refractivity contribution in [3.05, 3.63) is 40.7 Å². The molecule has 0 saturated carbocycles. The molecule has 0 radical (unpaired) electrons. The first kappa shape index (κ1) is 15.8. The summed E-state index contributed by atoms with van der Waals surface area (Å²) in [6.07, 6.45) is 1.70. The summed E-state index contributed by atoms with van der Waals surface area (Å²) in [7, 11) is 0. The number of anilines is 1. The van der Waals surface area contributed by atoms with Crippen molar-refractivity contribution in [3.8, 4) is 5.75 Å². The Labute approximate surface area is 139 Å². The molecule has 2 N–H and O–H groups in total. The third-order valence-corrected chi connectivity index (χ3v) is 4.77. The van der Waals surface area contributed by atoms with Gasteiger partial charge in [0.1, 0.15) is 0 Å². The molecular formula is C16H20N4O2S. The van der Waals surface area contributed by atoms with E-state index in [1.807, 2.05) is 17.5 Å². The molecule has 0 atom stereocenters. The second-order valence-electron chi connectivity index (χ2n) is 5.41. The van der Waals surface area contributed by atoms with Crippen LogP contribution in [0.3, 0.4) is 0 Å². The Hall–Kier alpha value is -2.12. The van der Waals surface area contributed by atoms with Gasteiger partial charge in [0.15, 0.2) is 11.6 Å². The van der Waals surface area contributed by atoms with Crippen LogP contribution in [0.2, 0.25) is 0 Å². The molecule has 7 heteroatoms. The van der Waals surface area contributed by atoms with E-state index in [2.05, 4.69) is 20.1 Å². The summed E-state index contributed by atoms with van der Waals surface area (Å²) in [5.74, 6) is 0.874. The van der Waals surface area contributed by atoms with E-state index in [1.54, 1.807) is 18.3 Å². The van der Waals surface area contributed by atoms with E-state index in [1.165, 1.54) is 11.3 Å². The number of nitrogens with zero attached hydrogens (tertiary/aromatic N) is 3. The fourth-order valence-electron chi connectivity index (χ4n) is 2.64. The van der Waals surface area contributed by atoms with E-state index in [4.69, 9.17) is 0 Å². The predicted octanol–water partition coefficient (Wildman–Crippen LogP) is 1.40. The smallest absolute Gasteiger partial charge is 0.261 e. The summed E-state index contributed by atoms with van der Waals surface area (Å²) in [5, 5.41) is 14.7. The van der Waals surface area contributed by atoms with E-state index in [-0.39, 0.29) is 11.7 Å². The minimum atomic E-state index is -0.00274. The van der Waals surface area contributed by atoms with Crippen molar-refractivity contribution in [2.75, 3.05) is 44.2 Å². The average molecular weight is 332 g/mol. The first-order valence-electron chi connectivity index (χ1n) is 7.67. The Morgan fingerprint density at radius 1 is 1.26 bits per heavy atom. The van der Waals surface area contributed by atoms with E-state index < -0.39 is 0 Å². The molecule has 1 aliphatic heterocycles. The molecule has 1 saturated heterocycles. The molecule has 122 valence electrons. The van der Waals surface area contributed by atoms with Crippen molar-refractivity contribution in [1.29, 1.82) is 0 Å². The molecule has 23 heavy (non-hydrogen) atoms. The normalized spacial score (nSPS) is 15.6. The molecule has 0 spiro atoms. The van der Waals surface area contributed by atoms with Crippen LogP contribution in [0.15, 0.2) is 35.8 Å². The van der Waals surface area contributed by atoms with Crippen molar-refractivity contribution in [1.82, 2.24) is 15.2 Å². The van der Waals surface area contributed by atoms with E-state index in [0.29, 0.717) is 12.4 Å². The summed E-state index contributed by atoms with van der Waals surface area (Å²) in [6, 6.07) is 7.10. The maximum atomic E-state index is 11.9. The Balaban J connectivity index is 1.41. The van der Waals surface area contributed by atoms with Gasteiger partial charge in [-0.25, -0.2) is 4.98 Å². The molecule has 1 aliphatic rings. The molecule has 0 aliphatic carbocycles. The first-order chi connectivity index (χ1) is 11.2. The maximum Gasteiger partial charge on any atom is 0.261 e. The number of aromatic nitrogens is 1. The van der Waals surface area contributed by atoms with Gasteiger partial charge < -0.3 is 15.3 Å². The van der Waals surface area contributed by atoms with Crippen LogP contribution in [0.1, 0.15) is 9.67 Å². The number of hydrogen-bond donors (Lipinski definition) is 2. The fraction of sp³-hybridized carbons (Fsp3) is 0.375. The van der Waals surface area contributed by atoms with Crippen LogP contribution >= 0.6 is 11.3 Å². The Kier molecular flexibility index (Phi) is 5.09. The lowest BCUT2D eigenvalue weighted by Crippen LogP contribution is -2.48. The van der Waals surface area contributed by atoms with Crippen molar-refractivity contribution in [2.45, 2.75) is 0 Å². The minimum Gasteiger partial charge on any atom is -0.504 e. The lowest BCUT2D eigenvalue weighted by molar-refractivity contribution is 0.0952. The quantitative estimate of drug-likeness (QED) is 0.866. The highest BCUT2D eigenvalue weighted by molar-refractivity contribution is 7.12. The number of carbonyl (C=O) groups excluding carboxylic acids is 1. The SMILES string of the molecule is O=C(NCCN1CCN(c2ncccc2O)CC1)c1cccs1. The second kappa shape index (κ2) is 7.43. The van der Waals surface area contributed by atoms with Crippen molar-refractivity contribution >= 4 is 23.1 Å². The Bertz CT molecular complexity index is 639. The first-order valence-corrected chi connectivity index (χ1v) is 8.55. The van der Waals surface area contributed by atoms with Gasteiger partial charge in [0.05, 0.1) is 4.88 Å². The molecular weight excluding hydrogens is 312 g/mol. The number of thiophene rings is 1. The zero-order valence-electron chi connectivity index (χ0n) is 12.8. The Morgan fingerprint density at radius 3 is 2.78 bits per heavy atom. The van der Waals surface area contributed by atoms with Gasteiger partial charge in [-0.1, -0.05) is 6.07 Å². The largest absolute Gasteiger partial charge is 0.504 e. The topological polar surface area (TPSA) is 68.7 Å². The monoisotopic (exact) mass is 332 g/mol. The third-order valence-electron chi connectivity index (χ3n) is 3.90. The molecule has 3 heterocycles. The highest BCUT2D eigenvalue weighted by Crippen LogP contribution is 2.24. The molecule has 0 aromatic carbocycles. The third kappa shape index (κ3) is 4.00. The van der Waals surface area contributed by atoms with Crippen LogP contribution in [-0.2, 0) is 0 Å². The van der Waals surface area contributed by atoms with E-state index in [9.17, 15) is 9.90 Å². The predicted molar refractivity (Wildman–Crippen MR) is 91.2 cm³/mol. The van der Waals surface area contributed by atoms with Crippen LogP contribution in [0.4, 0.5) is 5.82 Å². The highest BCUT2D eigenvalue weighted by atomic mass is 32.1. The maximum absolute atomic E-state index is 11.9. The van der Waals surface area contributed by atoms with Gasteiger partial charge in [0, 0.05) is 45.5 Å². The molecule has 0 bridgehead atoms. The van der Waals surface area contributed by atoms with Gasteiger partial charge >= 0.3 is 0 Å². The number of aromatic hydroxyl groups is 1. The van der Waals surface area contributed by atoms with Crippen molar-refractivity contribution < 1.29 is 9.90 Å². The zero-order chi connectivity index (χ0) is 16.1. The lowest BCUT2D eigenvalue weighted by atomic mass is 10.3. The van der Waals surface area contributed by atoms with Gasteiger partial charge in [-0.3, -0.25) is 9.69 Å².